The van der Waals surface area contributed by atoms with Gasteiger partial charge in [-0.2, -0.15) is 0 Å². The average molecular weight is 640 g/mol. The number of esters is 4. The van der Waals surface area contributed by atoms with Crippen molar-refractivity contribution in [3.8, 4) is 28.7 Å². The van der Waals surface area contributed by atoms with Gasteiger partial charge in [0.15, 0.2) is 23.0 Å². The zero-order valence-corrected chi connectivity index (χ0v) is 25.2. The molecule has 0 spiro atoms. The maximum atomic E-state index is 13.4. The second-order valence-electron chi connectivity index (χ2n) is 9.13. The molecule has 3 aromatic rings. The summed E-state index contributed by atoms with van der Waals surface area (Å²) in [6, 6.07) is 12.9. The summed E-state index contributed by atoms with van der Waals surface area (Å²) in [5.41, 5.74) is -0.304. The van der Waals surface area contributed by atoms with Gasteiger partial charge in [-0.15, -0.1) is 0 Å². The fourth-order valence-electron chi connectivity index (χ4n) is 3.82. The predicted molar refractivity (Wildman–Crippen MR) is 156 cm³/mol. The highest BCUT2D eigenvalue weighted by atomic mass is 16.6. The Bertz CT molecular complexity index is 1630. The van der Waals surface area contributed by atoms with Crippen molar-refractivity contribution < 1.29 is 67.0 Å². The van der Waals surface area contributed by atoms with Crippen molar-refractivity contribution in [2.45, 2.75) is 26.1 Å². The highest BCUT2D eigenvalue weighted by molar-refractivity contribution is 6.01. The van der Waals surface area contributed by atoms with Gasteiger partial charge in [0.05, 0.1) is 32.5 Å². The third-order valence-corrected chi connectivity index (χ3v) is 5.91. The second-order valence-corrected chi connectivity index (χ2v) is 9.13. The Morgan fingerprint density at radius 2 is 1.07 bits per heavy atom. The Labute approximate surface area is 261 Å². The lowest BCUT2D eigenvalue weighted by atomic mass is 10.1. The summed E-state index contributed by atoms with van der Waals surface area (Å²) in [5.74, 6) is -6.46. The molecule has 2 N–H and O–H groups in total. The number of nitrogens with one attached hydrogen (secondary N) is 1. The van der Waals surface area contributed by atoms with Crippen molar-refractivity contribution in [3.63, 3.8) is 0 Å². The fraction of sp³-hybridized carbons (Fsp3) is 0.226. The van der Waals surface area contributed by atoms with E-state index >= 15 is 0 Å². The first-order valence-corrected chi connectivity index (χ1v) is 13.2. The lowest BCUT2D eigenvalue weighted by Gasteiger charge is -2.24. The summed E-state index contributed by atoms with van der Waals surface area (Å²) in [6.07, 6.45) is -4.60. The molecule has 0 bridgehead atoms. The van der Waals surface area contributed by atoms with Gasteiger partial charge >= 0.3 is 29.8 Å². The number of carbonyl (C=O) groups is 6. The average Bonchev–Trinajstić information content (AvgIpc) is 3.02. The minimum atomic E-state index is -2.36. The molecule has 3 aromatic carbocycles. The lowest BCUT2D eigenvalue weighted by Crippen LogP contribution is -2.48. The number of carbonyl (C=O) groups excluding carboxylic acids is 5. The van der Waals surface area contributed by atoms with Crippen LogP contribution in [0.15, 0.2) is 60.7 Å². The van der Waals surface area contributed by atoms with Gasteiger partial charge in [-0.25, -0.2) is 14.4 Å². The van der Waals surface area contributed by atoms with Crippen LogP contribution in [0.1, 0.15) is 34.6 Å². The van der Waals surface area contributed by atoms with Gasteiger partial charge in [0.1, 0.15) is 5.75 Å². The first-order chi connectivity index (χ1) is 21.9. The number of ether oxygens (including phenoxy) is 7. The van der Waals surface area contributed by atoms with Crippen LogP contribution in [0.25, 0.3) is 0 Å². The molecule has 0 saturated heterocycles. The van der Waals surface area contributed by atoms with Crippen LogP contribution in [0.4, 0.5) is 5.69 Å². The van der Waals surface area contributed by atoms with Crippen LogP contribution in [-0.2, 0) is 28.7 Å². The minimum Gasteiger partial charge on any atom is -0.497 e. The van der Waals surface area contributed by atoms with Gasteiger partial charge in [0.25, 0.3) is 5.91 Å². The minimum absolute atomic E-state index is 0.0205. The summed E-state index contributed by atoms with van der Waals surface area (Å²) in [5, 5.41) is 12.5. The van der Waals surface area contributed by atoms with Gasteiger partial charge < -0.3 is 43.6 Å². The molecule has 0 heterocycles. The fourth-order valence-corrected chi connectivity index (χ4v) is 3.82. The van der Waals surface area contributed by atoms with E-state index in [0.717, 1.165) is 32.0 Å². The molecule has 242 valence electrons. The molecule has 0 radical (unpaired) electrons. The monoisotopic (exact) mass is 639 g/mol. The Kier molecular flexibility index (Phi) is 11.6. The number of aliphatic carboxylic acids is 1. The normalized spacial score (nSPS) is 11.6. The highest BCUT2D eigenvalue weighted by Gasteiger charge is 2.41. The summed E-state index contributed by atoms with van der Waals surface area (Å²) in [4.78, 5) is 74.9. The van der Waals surface area contributed by atoms with E-state index in [1.54, 1.807) is 0 Å². The van der Waals surface area contributed by atoms with Crippen LogP contribution in [0.5, 0.6) is 28.7 Å². The molecule has 2 atom stereocenters. The summed E-state index contributed by atoms with van der Waals surface area (Å²) in [6.45, 7) is 2.31. The van der Waals surface area contributed by atoms with Crippen molar-refractivity contribution in [2.75, 3.05) is 26.6 Å². The van der Waals surface area contributed by atoms with E-state index in [-0.39, 0.29) is 39.8 Å². The summed E-state index contributed by atoms with van der Waals surface area (Å²) in [7, 11) is 3.92. The van der Waals surface area contributed by atoms with E-state index in [9.17, 15) is 33.9 Å². The molecule has 1 amide bonds. The quantitative estimate of drug-likeness (QED) is 0.204. The largest absolute Gasteiger partial charge is 0.497 e. The molecule has 0 unspecified atom stereocenters. The Morgan fingerprint density at radius 3 is 1.46 bits per heavy atom. The number of hydrogen-bond donors (Lipinski definition) is 2. The van der Waals surface area contributed by atoms with Gasteiger partial charge in [0, 0.05) is 19.5 Å². The molecule has 0 aliphatic carbocycles. The molecule has 15 heteroatoms. The molecule has 0 saturated carbocycles. The topological polar surface area (TPSA) is 199 Å². The molecular weight excluding hydrogens is 610 g/mol. The SMILES string of the molecule is COc1ccc(NC(=O)[C@H](OC(=O)c2ccc(OC(C)=O)c(OC)c2)[C@@H](OC(=O)c2ccc(OC(C)=O)c(OC)c2)C(=O)O)cc1. The number of methoxy groups -OCH3 is 3. The van der Waals surface area contributed by atoms with E-state index in [4.69, 9.17) is 33.2 Å². The van der Waals surface area contributed by atoms with Crippen LogP contribution >= 0.6 is 0 Å². The highest BCUT2D eigenvalue weighted by Crippen LogP contribution is 2.30. The smallest absolute Gasteiger partial charge is 0.349 e. The molecule has 15 nitrogen and oxygen atoms in total. The van der Waals surface area contributed by atoms with E-state index < -0.39 is 48.0 Å². The number of hydrogen-bond acceptors (Lipinski definition) is 13. The molecule has 0 aliphatic rings. The maximum Gasteiger partial charge on any atom is 0.349 e. The Hall–Kier alpha value is -6.12. The van der Waals surface area contributed by atoms with Crippen molar-refractivity contribution in [2.24, 2.45) is 0 Å². The zero-order chi connectivity index (χ0) is 34.0. The zero-order valence-electron chi connectivity index (χ0n) is 25.2. The van der Waals surface area contributed by atoms with Gasteiger partial charge in [-0.1, -0.05) is 0 Å². The van der Waals surface area contributed by atoms with E-state index in [0.29, 0.717) is 5.75 Å². The van der Waals surface area contributed by atoms with Crippen LogP contribution in [-0.4, -0.2) is 74.4 Å². The number of benzene rings is 3. The Balaban J connectivity index is 1.97. The predicted octanol–water partition coefficient (Wildman–Crippen LogP) is 3.04. The van der Waals surface area contributed by atoms with Crippen molar-refractivity contribution >= 4 is 41.4 Å². The second kappa shape index (κ2) is 15.6. The number of rotatable bonds is 13. The van der Waals surface area contributed by atoms with E-state index in [1.165, 1.54) is 63.8 Å². The summed E-state index contributed by atoms with van der Waals surface area (Å²) >= 11 is 0. The van der Waals surface area contributed by atoms with E-state index in [1.807, 2.05) is 0 Å². The maximum absolute atomic E-state index is 13.4. The molecule has 0 aromatic heterocycles. The first-order valence-electron chi connectivity index (χ1n) is 13.2. The van der Waals surface area contributed by atoms with Crippen molar-refractivity contribution in [1.82, 2.24) is 0 Å². The van der Waals surface area contributed by atoms with Crippen LogP contribution < -0.4 is 29.0 Å². The van der Waals surface area contributed by atoms with Crippen molar-refractivity contribution in [3.05, 3.63) is 71.8 Å². The van der Waals surface area contributed by atoms with Gasteiger partial charge in [-0.05, 0) is 60.7 Å². The number of carboxylic acid groups (broad SMARTS) is 1. The van der Waals surface area contributed by atoms with Crippen molar-refractivity contribution in [1.29, 1.82) is 0 Å². The number of carboxylic acids is 1. The molecule has 3 rings (SSSR count). The third-order valence-electron chi connectivity index (χ3n) is 5.91. The molecule has 46 heavy (non-hydrogen) atoms. The number of amides is 1. The Morgan fingerprint density at radius 1 is 0.609 bits per heavy atom. The molecule has 0 aliphatic heterocycles. The number of anilines is 1. The summed E-state index contributed by atoms with van der Waals surface area (Å²) < 4.78 is 35.9. The molecule has 0 fully saturated rings. The van der Waals surface area contributed by atoms with Crippen LogP contribution in [0.3, 0.4) is 0 Å². The van der Waals surface area contributed by atoms with Crippen LogP contribution in [0.2, 0.25) is 0 Å². The standard InChI is InChI=1S/C31H29NO14/c1-16(33)43-22-12-6-18(14-24(22)41-4)30(38)45-26(28(35)32-20-8-10-21(40-3)11-9-20)27(29(36)37)46-31(39)19-7-13-23(44-17(2)34)25(15-19)42-5/h6-15,26-27H,1-5H3,(H,32,35)(H,36,37)/t26-,27-/m1/s1. The third kappa shape index (κ3) is 8.95. The van der Waals surface area contributed by atoms with Gasteiger partial charge in [-0.3, -0.25) is 14.4 Å². The lowest BCUT2D eigenvalue weighted by molar-refractivity contribution is -0.157. The van der Waals surface area contributed by atoms with E-state index in [2.05, 4.69) is 5.32 Å². The molecular formula is C31H29NO14. The van der Waals surface area contributed by atoms with Crippen LogP contribution in [0, 0.1) is 0 Å². The van der Waals surface area contributed by atoms with Gasteiger partial charge in [0.2, 0.25) is 12.2 Å². The first kappa shape index (κ1) is 34.4.